The molecule has 0 radical (unpaired) electrons. The Morgan fingerprint density at radius 3 is 2.79 bits per heavy atom. The highest BCUT2D eigenvalue weighted by Crippen LogP contribution is 2.41. The van der Waals surface area contributed by atoms with Crippen LogP contribution in [0.2, 0.25) is 5.02 Å². The summed E-state index contributed by atoms with van der Waals surface area (Å²) in [5.74, 6) is 0.852. The van der Waals surface area contributed by atoms with Crippen molar-refractivity contribution in [2.45, 2.75) is 35.2 Å². The van der Waals surface area contributed by atoms with E-state index < -0.39 is 0 Å². The molecule has 7 nitrogen and oxygen atoms in total. The summed E-state index contributed by atoms with van der Waals surface area (Å²) in [5.41, 5.74) is 8.03. The molecule has 1 aromatic heterocycles. The van der Waals surface area contributed by atoms with Crippen LogP contribution in [-0.4, -0.2) is 48.2 Å². The summed E-state index contributed by atoms with van der Waals surface area (Å²) in [6.45, 7) is 3.26. The summed E-state index contributed by atoms with van der Waals surface area (Å²) in [7, 11) is 0. The van der Waals surface area contributed by atoms with Gasteiger partial charge in [0, 0.05) is 29.4 Å². The smallest absolute Gasteiger partial charge is 0.228 e. The Kier molecular flexibility index (Phi) is 4.90. The highest BCUT2D eigenvalue weighted by atomic mass is 35.5. The first-order chi connectivity index (χ1) is 14.0. The predicted molar refractivity (Wildman–Crippen MR) is 113 cm³/mol. The number of aromatic nitrogens is 2. The number of halogens is 1. The van der Waals surface area contributed by atoms with Crippen molar-refractivity contribution in [1.29, 1.82) is 0 Å². The average Bonchev–Trinajstić information content (AvgIpc) is 3.28. The molecule has 2 fully saturated rings. The molecule has 1 spiro atoms. The number of ether oxygens (including phenoxy) is 1. The zero-order chi connectivity index (χ0) is 20.0. The van der Waals surface area contributed by atoms with E-state index in [0.717, 1.165) is 53.8 Å². The average molecular weight is 432 g/mol. The molecule has 152 valence electrons. The Labute approximate surface area is 178 Å². The lowest BCUT2D eigenvalue weighted by atomic mass is 9.75. The van der Waals surface area contributed by atoms with Crippen LogP contribution in [0.25, 0.3) is 0 Å². The molecular formula is C20H22ClN5O2S. The highest BCUT2D eigenvalue weighted by Gasteiger charge is 2.44. The number of nitrogens with two attached hydrogens (primary N) is 1. The second kappa shape index (κ2) is 7.43. The minimum absolute atomic E-state index is 0.0263. The zero-order valence-corrected chi connectivity index (χ0v) is 17.4. The summed E-state index contributed by atoms with van der Waals surface area (Å²) < 4.78 is 5.60. The SMILES string of the molecule is NC1COCC12CCN(c1cnc(Sc3ccc4c(c3Cl)NC(=O)C4)cn1)CC2. The van der Waals surface area contributed by atoms with Gasteiger partial charge in [-0.15, -0.1) is 0 Å². The van der Waals surface area contributed by atoms with E-state index in [4.69, 9.17) is 22.1 Å². The van der Waals surface area contributed by atoms with Crippen molar-refractivity contribution in [3.05, 3.63) is 35.1 Å². The molecule has 1 unspecified atom stereocenters. The molecule has 1 aromatic carbocycles. The fraction of sp³-hybridized carbons (Fsp3) is 0.450. The monoisotopic (exact) mass is 431 g/mol. The van der Waals surface area contributed by atoms with E-state index in [1.807, 2.05) is 18.3 Å². The van der Waals surface area contributed by atoms with E-state index in [2.05, 4.69) is 20.2 Å². The number of fused-ring (bicyclic) bond motifs is 1. The van der Waals surface area contributed by atoms with Crippen LogP contribution in [-0.2, 0) is 16.0 Å². The van der Waals surface area contributed by atoms with Crippen LogP contribution in [0.5, 0.6) is 0 Å². The third-order valence-corrected chi connectivity index (χ3v) is 7.68. The van der Waals surface area contributed by atoms with Gasteiger partial charge in [0.25, 0.3) is 0 Å². The molecule has 1 amide bonds. The fourth-order valence-corrected chi connectivity index (χ4v) is 5.43. The maximum Gasteiger partial charge on any atom is 0.228 e. The number of hydrogen-bond donors (Lipinski definition) is 2. The third-order valence-electron chi connectivity index (χ3n) is 6.19. The highest BCUT2D eigenvalue weighted by molar-refractivity contribution is 7.99. The van der Waals surface area contributed by atoms with Crippen molar-refractivity contribution in [3.63, 3.8) is 0 Å². The summed E-state index contributed by atoms with van der Waals surface area (Å²) in [4.78, 5) is 23.9. The number of anilines is 2. The number of amides is 1. The lowest BCUT2D eigenvalue weighted by Gasteiger charge is -2.41. The van der Waals surface area contributed by atoms with Gasteiger partial charge in [0.2, 0.25) is 5.91 Å². The molecule has 2 saturated heterocycles. The molecule has 29 heavy (non-hydrogen) atoms. The Bertz CT molecular complexity index is 947. The first kappa shape index (κ1) is 19.1. The third kappa shape index (κ3) is 3.48. The molecule has 5 rings (SSSR count). The minimum Gasteiger partial charge on any atom is -0.379 e. The molecule has 3 aliphatic heterocycles. The lowest BCUT2D eigenvalue weighted by Crippen LogP contribution is -2.49. The Morgan fingerprint density at radius 1 is 1.28 bits per heavy atom. The maximum atomic E-state index is 11.6. The van der Waals surface area contributed by atoms with E-state index in [0.29, 0.717) is 23.7 Å². The predicted octanol–water partition coefficient (Wildman–Crippen LogP) is 2.72. The molecule has 0 aliphatic carbocycles. The van der Waals surface area contributed by atoms with Crippen molar-refractivity contribution in [3.8, 4) is 0 Å². The summed E-state index contributed by atoms with van der Waals surface area (Å²) >= 11 is 7.93. The van der Waals surface area contributed by atoms with Gasteiger partial charge in [-0.2, -0.15) is 0 Å². The van der Waals surface area contributed by atoms with Crippen molar-refractivity contribution < 1.29 is 9.53 Å². The topological polar surface area (TPSA) is 93.4 Å². The van der Waals surface area contributed by atoms with Crippen LogP contribution < -0.4 is 16.0 Å². The number of piperidine rings is 1. The largest absolute Gasteiger partial charge is 0.379 e. The van der Waals surface area contributed by atoms with Gasteiger partial charge in [-0.25, -0.2) is 9.97 Å². The van der Waals surface area contributed by atoms with E-state index in [1.165, 1.54) is 11.8 Å². The number of rotatable bonds is 3. The molecule has 0 saturated carbocycles. The van der Waals surface area contributed by atoms with Gasteiger partial charge in [-0.05, 0) is 24.5 Å². The number of hydrogen-bond acceptors (Lipinski definition) is 7. The van der Waals surface area contributed by atoms with Crippen LogP contribution in [0, 0.1) is 5.41 Å². The number of carbonyl (C=O) groups is 1. The van der Waals surface area contributed by atoms with Crippen LogP contribution in [0.3, 0.4) is 0 Å². The van der Waals surface area contributed by atoms with Crippen molar-refractivity contribution in [1.82, 2.24) is 9.97 Å². The van der Waals surface area contributed by atoms with E-state index >= 15 is 0 Å². The van der Waals surface area contributed by atoms with E-state index in [-0.39, 0.29) is 17.4 Å². The summed E-state index contributed by atoms with van der Waals surface area (Å²) in [6, 6.07) is 4.00. The lowest BCUT2D eigenvalue weighted by molar-refractivity contribution is -0.115. The van der Waals surface area contributed by atoms with Gasteiger partial charge in [0.15, 0.2) is 0 Å². The molecule has 9 heteroatoms. The molecule has 3 N–H and O–H groups in total. The molecule has 4 heterocycles. The van der Waals surface area contributed by atoms with Crippen LogP contribution in [0.1, 0.15) is 18.4 Å². The minimum atomic E-state index is -0.0263. The van der Waals surface area contributed by atoms with Gasteiger partial charge in [-0.1, -0.05) is 29.4 Å². The molecule has 0 bridgehead atoms. The Hall–Kier alpha value is -1.87. The summed E-state index contributed by atoms with van der Waals surface area (Å²) in [6.07, 6.45) is 6.00. The Balaban J connectivity index is 1.26. The first-order valence-corrected chi connectivity index (χ1v) is 10.9. The molecular weight excluding hydrogens is 410 g/mol. The normalized spacial score (nSPS) is 22.8. The van der Waals surface area contributed by atoms with Crippen LogP contribution in [0.4, 0.5) is 11.5 Å². The quantitative estimate of drug-likeness (QED) is 0.771. The van der Waals surface area contributed by atoms with Gasteiger partial charge in [0.05, 0.1) is 42.7 Å². The molecule has 3 aliphatic rings. The second-order valence-corrected chi connectivity index (χ2v) is 9.36. The van der Waals surface area contributed by atoms with E-state index in [9.17, 15) is 4.79 Å². The van der Waals surface area contributed by atoms with Gasteiger partial charge in [-0.3, -0.25) is 4.79 Å². The number of nitrogens with zero attached hydrogens (tertiary/aromatic N) is 3. The van der Waals surface area contributed by atoms with Gasteiger partial charge < -0.3 is 20.7 Å². The molecule has 2 aromatic rings. The zero-order valence-electron chi connectivity index (χ0n) is 15.9. The summed E-state index contributed by atoms with van der Waals surface area (Å²) in [5, 5.41) is 4.14. The number of carbonyl (C=O) groups excluding carboxylic acids is 1. The van der Waals surface area contributed by atoms with Crippen LogP contribution in [0.15, 0.2) is 34.4 Å². The van der Waals surface area contributed by atoms with Crippen molar-refractivity contribution in [2.75, 3.05) is 36.5 Å². The number of nitrogens with one attached hydrogen (secondary N) is 1. The van der Waals surface area contributed by atoms with Gasteiger partial charge in [0.1, 0.15) is 10.8 Å². The number of benzene rings is 1. The second-order valence-electron chi connectivity index (χ2n) is 7.92. The molecule has 1 atom stereocenters. The van der Waals surface area contributed by atoms with Crippen LogP contribution >= 0.6 is 23.4 Å². The van der Waals surface area contributed by atoms with Gasteiger partial charge >= 0.3 is 0 Å². The fourth-order valence-electron chi connectivity index (χ4n) is 4.32. The van der Waals surface area contributed by atoms with E-state index in [1.54, 1.807) is 6.20 Å². The standard InChI is InChI=1S/C20H22ClN5O2S/c21-18-13(2-1-12-7-16(27)25-19(12)18)29-17-9-23-15(8-24-17)26-5-3-20(4-6-26)11-28-10-14(20)22/h1-2,8-9,14H,3-7,10-11,22H2,(H,25,27). The Morgan fingerprint density at radius 2 is 2.10 bits per heavy atom. The van der Waals surface area contributed by atoms with Crippen molar-refractivity contribution >= 4 is 40.8 Å². The van der Waals surface area contributed by atoms with Crippen molar-refractivity contribution in [2.24, 2.45) is 11.1 Å². The first-order valence-electron chi connectivity index (χ1n) is 9.73. The maximum absolute atomic E-state index is 11.6.